The SMILES string of the molecule is COc1ccc(CNCc2cn(C)nc2C)cc1Cl. The Morgan fingerprint density at radius 1 is 1.37 bits per heavy atom. The fourth-order valence-electron chi connectivity index (χ4n) is 1.98. The molecule has 0 bridgehead atoms. The van der Waals surface area contributed by atoms with Gasteiger partial charge >= 0.3 is 0 Å². The summed E-state index contributed by atoms with van der Waals surface area (Å²) in [5, 5.41) is 8.33. The van der Waals surface area contributed by atoms with E-state index < -0.39 is 0 Å². The molecule has 1 heterocycles. The molecule has 0 aliphatic heterocycles. The van der Waals surface area contributed by atoms with Crippen molar-refractivity contribution in [1.29, 1.82) is 0 Å². The van der Waals surface area contributed by atoms with Crippen LogP contribution >= 0.6 is 11.6 Å². The Hall–Kier alpha value is -1.52. The van der Waals surface area contributed by atoms with Gasteiger partial charge in [0.25, 0.3) is 0 Å². The summed E-state index contributed by atoms with van der Waals surface area (Å²) in [6.07, 6.45) is 2.03. The van der Waals surface area contributed by atoms with Gasteiger partial charge in [0, 0.05) is 31.9 Å². The Balaban J connectivity index is 1.92. The predicted octanol–water partition coefficient (Wildman–Crippen LogP) is 2.68. The summed E-state index contributed by atoms with van der Waals surface area (Å²) in [7, 11) is 3.55. The van der Waals surface area contributed by atoms with Gasteiger partial charge in [-0.05, 0) is 24.6 Å². The zero-order chi connectivity index (χ0) is 13.8. The quantitative estimate of drug-likeness (QED) is 0.915. The summed E-state index contributed by atoms with van der Waals surface area (Å²) >= 11 is 6.09. The summed E-state index contributed by atoms with van der Waals surface area (Å²) in [5.41, 5.74) is 3.40. The summed E-state index contributed by atoms with van der Waals surface area (Å²) in [4.78, 5) is 0. The number of nitrogens with one attached hydrogen (secondary N) is 1. The number of aromatic nitrogens is 2. The van der Waals surface area contributed by atoms with Crippen molar-refractivity contribution in [3.63, 3.8) is 0 Å². The zero-order valence-corrected chi connectivity index (χ0v) is 12.2. The van der Waals surface area contributed by atoms with Crippen LogP contribution in [0, 0.1) is 6.92 Å². The van der Waals surface area contributed by atoms with E-state index in [2.05, 4.69) is 10.4 Å². The fraction of sp³-hybridized carbons (Fsp3) is 0.357. The molecule has 102 valence electrons. The van der Waals surface area contributed by atoms with Gasteiger partial charge in [0.2, 0.25) is 0 Å². The molecule has 1 aromatic carbocycles. The van der Waals surface area contributed by atoms with Crippen LogP contribution in [0.25, 0.3) is 0 Å². The molecule has 0 atom stereocenters. The lowest BCUT2D eigenvalue weighted by molar-refractivity contribution is 0.415. The van der Waals surface area contributed by atoms with Crippen molar-refractivity contribution < 1.29 is 4.74 Å². The molecule has 0 aliphatic carbocycles. The van der Waals surface area contributed by atoms with Gasteiger partial charge in [0.1, 0.15) is 5.75 Å². The van der Waals surface area contributed by atoms with Crippen molar-refractivity contribution in [3.8, 4) is 5.75 Å². The van der Waals surface area contributed by atoms with E-state index >= 15 is 0 Å². The number of halogens is 1. The highest BCUT2D eigenvalue weighted by atomic mass is 35.5. The summed E-state index contributed by atoms with van der Waals surface area (Å²) in [6, 6.07) is 5.81. The van der Waals surface area contributed by atoms with E-state index in [0.717, 1.165) is 24.3 Å². The second-order valence-corrected chi connectivity index (χ2v) is 4.89. The maximum Gasteiger partial charge on any atom is 0.137 e. The monoisotopic (exact) mass is 279 g/mol. The molecule has 2 aromatic rings. The highest BCUT2D eigenvalue weighted by Crippen LogP contribution is 2.24. The minimum atomic E-state index is 0.638. The van der Waals surface area contributed by atoms with E-state index in [9.17, 15) is 0 Å². The number of nitrogens with zero attached hydrogens (tertiary/aromatic N) is 2. The second-order valence-electron chi connectivity index (χ2n) is 4.49. The predicted molar refractivity (Wildman–Crippen MR) is 76.5 cm³/mol. The molecule has 0 unspecified atom stereocenters. The molecule has 0 aliphatic rings. The molecule has 0 spiro atoms. The van der Waals surface area contributed by atoms with Gasteiger partial charge in [-0.2, -0.15) is 5.10 Å². The second kappa shape index (κ2) is 6.08. The minimum absolute atomic E-state index is 0.638. The van der Waals surface area contributed by atoms with Crippen LogP contribution in [0.3, 0.4) is 0 Å². The molecule has 5 heteroatoms. The molecule has 19 heavy (non-hydrogen) atoms. The maximum absolute atomic E-state index is 6.09. The topological polar surface area (TPSA) is 39.1 Å². The van der Waals surface area contributed by atoms with Gasteiger partial charge < -0.3 is 10.1 Å². The van der Waals surface area contributed by atoms with E-state index in [-0.39, 0.29) is 0 Å². The molecule has 0 saturated carbocycles. The van der Waals surface area contributed by atoms with Gasteiger partial charge in [0.15, 0.2) is 0 Å². The van der Waals surface area contributed by atoms with Crippen LogP contribution in [-0.2, 0) is 20.1 Å². The van der Waals surface area contributed by atoms with Crippen molar-refractivity contribution in [3.05, 3.63) is 46.2 Å². The molecule has 0 radical (unpaired) electrons. The molecule has 1 N–H and O–H groups in total. The molecular formula is C14H18ClN3O. The average molecular weight is 280 g/mol. The van der Waals surface area contributed by atoms with Crippen LogP contribution in [-0.4, -0.2) is 16.9 Å². The molecule has 0 fully saturated rings. The first-order valence-electron chi connectivity index (χ1n) is 6.12. The third kappa shape index (κ3) is 3.49. The van der Waals surface area contributed by atoms with Crippen LogP contribution in [0.2, 0.25) is 5.02 Å². The Bertz CT molecular complexity index is 566. The van der Waals surface area contributed by atoms with Gasteiger partial charge in [-0.25, -0.2) is 0 Å². The Kier molecular flexibility index (Phi) is 4.45. The summed E-state index contributed by atoms with van der Waals surface area (Å²) < 4.78 is 6.96. The van der Waals surface area contributed by atoms with Crippen molar-refractivity contribution in [2.45, 2.75) is 20.0 Å². The van der Waals surface area contributed by atoms with E-state index in [4.69, 9.17) is 16.3 Å². The smallest absolute Gasteiger partial charge is 0.137 e. The Morgan fingerprint density at radius 3 is 2.74 bits per heavy atom. The van der Waals surface area contributed by atoms with E-state index in [1.54, 1.807) is 7.11 Å². The Morgan fingerprint density at radius 2 is 2.16 bits per heavy atom. The summed E-state index contributed by atoms with van der Waals surface area (Å²) in [5.74, 6) is 0.702. The molecule has 0 amide bonds. The lowest BCUT2D eigenvalue weighted by Crippen LogP contribution is -2.13. The van der Waals surface area contributed by atoms with Crippen LogP contribution < -0.4 is 10.1 Å². The standard InChI is InChI=1S/C14H18ClN3O/c1-10-12(9-18(2)17-10)8-16-7-11-4-5-14(19-3)13(15)6-11/h4-6,9,16H,7-8H2,1-3H3. The van der Waals surface area contributed by atoms with Crippen LogP contribution in [0.5, 0.6) is 5.75 Å². The number of ether oxygens (including phenoxy) is 1. The third-order valence-corrected chi connectivity index (χ3v) is 3.27. The lowest BCUT2D eigenvalue weighted by Gasteiger charge is -2.07. The largest absolute Gasteiger partial charge is 0.495 e. The molecule has 0 saturated heterocycles. The number of hydrogen-bond donors (Lipinski definition) is 1. The molecule has 4 nitrogen and oxygen atoms in total. The number of aryl methyl sites for hydroxylation is 2. The number of rotatable bonds is 5. The highest BCUT2D eigenvalue weighted by Gasteiger charge is 2.04. The first-order valence-corrected chi connectivity index (χ1v) is 6.50. The van der Waals surface area contributed by atoms with Crippen molar-refractivity contribution in [2.75, 3.05) is 7.11 Å². The van der Waals surface area contributed by atoms with Crippen LogP contribution in [0.4, 0.5) is 0 Å². The van der Waals surface area contributed by atoms with E-state index in [1.165, 1.54) is 5.56 Å². The van der Waals surface area contributed by atoms with Crippen LogP contribution in [0.15, 0.2) is 24.4 Å². The first-order chi connectivity index (χ1) is 9.10. The number of methoxy groups -OCH3 is 1. The minimum Gasteiger partial charge on any atom is -0.495 e. The zero-order valence-electron chi connectivity index (χ0n) is 11.4. The van der Waals surface area contributed by atoms with Crippen molar-refractivity contribution >= 4 is 11.6 Å². The third-order valence-electron chi connectivity index (χ3n) is 2.98. The van der Waals surface area contributed by atoms with Gasteiger partial charge in [-0.3, -0.25) is 4.68 Å². The van der Waals surface area contributed by atoms with Crippen LogP contribution in [0.1, 0.15) is 16.8 Å². The van der Waals surface area contributed by atoms with E-state index in [0.29, 0.717) is 10.8 Å². The summed E-state index contributed by atoms with van der Waals surface area (Å²) in [6.45, 7) is 3.57. The Labute approximate surface area is 118 Å². The average Bonchev–Trinajstić information content (AvgIpc) is 2.68. The molecular weight excluding hydrogens is 262 g/mol. The normalized spacial score (nSPS) is 10.7. The highest BCUT2D eigenvalue weighted by molar-refractivity contribution is 6.32. The van der Waals surface area contributed by atoms with Gasteiger partial charge in [-0.1, -0.05) is 17.7 Å². The van der Waals surface area contributed by atoms with Crippen molar-refractivity contribution in [2.24, 2.45) is 7.05 Å². The maximum atomic E-state index is 6.09. The van der Waals surface area contributed by atoms with Crippen molar-refractivity contribution in [1.82, 2.24) is 15.1 Å². The van der Waals surface area contributed by atoms with E-state index in [1.807, 2.05) is 43.0 Å². The molecule has 1 aromatic heterocycles. The lowest BCUT2D eigenvalue weighted by atomic mass is 10.2. The number of benzene rings is 1. The first kappa shape index (κ1) is 13.9. The van der Waals surface area contributed by atoms with Gasteiger partial charge in [-0.15, -0.1) is 0 Å². The van der Waals surface area contributed by atoms with Gasteiger partial charge in [0.05, 0.1) is 17.8 Å². The molecule has 2 rings (SSSR count). The number of hydrogen-bond acceptors (Lipinski definition) is 3. The fourth-order valence-corrected chi connectivity index (χ4v) is 2.26.